The average molecular weight is 404 g/mol. The molecule has 0 spiro atoms. The largest absolute Gasteiger partial charge is 0.473 e. The van der Waals surface area contributed by atoms with Gasteiger partial charge in [-0.3, -0.25) is 4.79 Å². The number of thioether (sulfide) groups is 1. The maximum Gasteiger partial charge on any atom is 0.254 e. The normalized spacial score (nSPS) is 20.0. The SMILES string of the molecule is O=C(c1ccnc(OC2CCSC2)c1)N1CCN(c2ccccc2Cl)CC1. The molecule has 142 valence electrons. The first-order chi connectivity index (χ1) is 13.2. The Morgan fingerprint density at radius 3 is 2.74 bits per heavy atom. The van der Waals surface area contributed by atoms with Gasteiger partial charge >= 0.3 is 0 Å². The number of carbonyl (C=O) groups excluding carboxylic acids is 1. The van der Waals surface area contributed by atoms with E-state index < -0.39 is 0 Å². The van der Waals surface area contributed by atoms with Gasteiger partial charge in [0.25, 0.3) is 5.91 Å². The molecule has 3 heterocycles. The molecule has 5 nitrogen and oxygen atoms in total. The highest BCUT2D eigenvalue weighted by Gasteiger charge is 2.24. The van der Waals surface area contributed by atoms with Gasteiger partial charge in [0.15, 0.2) is 0 Å². The van der Waals surface area contributed by atoms with E-state index in [2.05, 4.69) is 9.88 Å². The van der Waals surface area contributed by atoms with Crippen LogP contribution in [0.1, 0.15) is 16.8 Å². The molecule has 0 saturated carbocycles. The summed E-state index contributed by atoms with van der Waals surface area (Å²) in [6.07, 6.45) is 2.89. The Balaban J connectivity index is 1.38. The second kappa shape index (κ2) is 8.40. The van der Waals surface area contributed by atoms with Crippen LogP contribution in [0.25, 0.3) is 0 Å². The van der Waals surface area contributed by atoms with Crippen LogP contribution in [-0.2, 0) is 0 Å². The molecule has 2 aliphatic heterocycles. The summed E-state index contributed by atoms with van der Waals surface area (Å²) >= 11 is 8.19. The smallest absolute Gasteiger partial charge is 0.254 e. The van der Waals surface area contributed by atoms with Crippen LogP contribution in [0.2, 0.25) is 5.02 Å². The van der Waals surface area contributed by atoms with Gasteiger partial charge in [0.1, 0.15) is 6.10 Å². The maximum absolute atomic E-state index is 12.9. The summed E-state index contributed by atoms with van der Waals surface area (Å²) in [5.74, 6) is 2.69. The third-order valence-corrected chi connectivity index (χ3v) is 6.37. The Morgan fingerprint density at radius 2 is 2.00 bits per heavy atom. The van der Waals surface area contributed by atoms with Crippen LogP contribution in [0.5, 0.6) is 5.88 Å². The number of ether oxygens (including phenoxy) is 1. The minimum absolute atomic E-state index is 0.0295. The molecule has 1 amide bonds. The molecule has 1 atom stereocenters. The van der Waals surface area contributed by atoms with Crippen LogP contribution in [-0.4, -0.2) is 59.6 Å². The lowest BCUT2D eigenvalue weighted by atomic mass is 10.2. The number of carbonyl (C=O) groups is 1. The van der Waals surface area contributed by atoms with E-state index in [1.807, 2.05) is 40.9 Å². The van der Waals surface area contributed by atoms with Crippen molar-refractivity contribution in [2.75, 3.05) is 42.6 Å². The lowest BCUT2D eigenvalue weighted by Gasteiger charge is -2.36. The zero-order chi connectivity index (χ0) is 18.6. The van der Waals surface area contributed by atoms with Crippen LogP contribution in [0.15, 0.2) is 42.6 Å². The van der Waals surface area contributed by atoms with E-state index in [1.54, 1.807) is 18.3 Å². The van der Waals surface area contributed by atoms with E-state index in [0.29, 0.717) is 24.5 Å². The van der Waals surface area contributed by atoms with Crippen molar-refractivity contribution >= 4 is 35.0 Å². The van der Waals surface area contributed by atoms with Crippen LogP contribution in [0.4, 0.5) is 5.69 Å². The van der Waals surface area contributed by atoms with E-state index in [4.69, 9.17) is 16.3 Å². The van der Waals surface area contributed by atoms with E-state index in [-0.39, 0.29) is 12.0 Å². The molecule has 2 fully saturated rings. The van der Waals surface area contributed by atoms with Crippen LogP contribution in [0.3, 0.4) is 0 Å². The van der Waals surface area contributed by atoms with Crippen molar-refractivity contribution < 1.29 is 9.53 Å². The molecule has 27 heavy (non-hydrogen) atoms. The molecule has 2 aromatic rings. The van der Waals surface area contributed by atoms with Crippen molar-refractivity contribution in [2.24, 2.45) is 0 Å². The Morgan fingerprint density at radius 1 is 1.19 bits per heavy atom. The summed E-state index contributed by atoms with van der Waals surface area (Å²) in [5.41, 5.74) is 1.66. The van der Waals surface area contributed by atoms with Crippen molar-refractivity contribution in [3.8, 4) is 5.88 Å². The van der Waals surface area contributed by atoms with E-state index in [1.165, 1.54) is 0 Å². The molecule has 0 radical (unpaired) electrons. The number of para-hydroxylation sites is 1. The molecule has 1 aromatic carbocycles. The highest BCUT2D eigenvalue weighted by atomic mass is 35.5. The number of benzene rings is 1. The Kier molecular flexibility index (Phi) is 5.74. The lowest BCUT2D eigenvalue weighted by molar-refractivity contribution is 0.0745. The number of halogens is 1. The molecular formula is C20H22ClN3O2S. The first-order valence-electron chi connectivity index (χ1n) is 9.20. The summed E-state index contributed by atoms with van der Waals surface area (Å²) in [6, 6.07) is 11.4. The van der Waals surface area contributed by atoms with Crippen molar-refractivity contribution in [3.05, 3.63) is 53.2 Å². The highest BCUT2D eigenvalue weighted by Crippen LogP contribution is 2.27. The minimum Gasteiger partial charge on any atom is -0.473 e. The van der Waals surface area contributed by atoms with Gasteiger partial charge in [0.05, 0.1) is 10.7 Å². The van der Waals surface area contributed by atoms with Crippen LogP contribution >= 0.6 is 23.4 Å². The minimum atomic E-state index is 0.0295. The topological polar surface area (TPSA) is 45.7 Å². The van der Waals surface area contributed by atoms with Gasteiger partial charge in [-0.05, 0) is 30.4 Å². The summed E-state index contributed by atoms with van der Waals surface area (Å²) in [4.78, 5) is 21.3. The molecule has 0 N–H and O–H groups in total. The van der Waals surface area contributed by atoms with Gasteiger partial charge in [0, 0.05) is 49.8 Å². The van der Waals surface area contributed by atoms with Gasteiger partial charge in [-0.1, -0.05) is 23.7 Å². The summed E-state index contributed by atoms with van der Waals surface area (Å²) in [6.45, 7) is 2.87. The Bertz CT molecular complexity index is 805. The second-order valence-electron chi connectivity index (χ2n) is 6.72. The number of anilines is 1. The predicted molar refractivity (Wildman–Crippen MR) is 110 cm³/mol. The zero-order valence-corrected chi connectivity index (χ0v) is 16.6. The fourth-order valence-corrected chi connectivity index (χ4v) is 4.77. The number of nitrogens with zero attached hydrogens (tertiary/aromatic N) is 3. The number of piperazine rings is 1. The van der Waals surface area contributed by atoms with Gasteiger partial charge in [-0.15, -0.1) is 0 Å². The quantitative estimate of drug-likeness (QED) is 0.780. The third kappa shape index (κ3) is 4.33. The first kappa shape index (κ1) is 18.4. The Hall–Kier alpha value is -1.92. The predicted octanol–water partition coefficient (Wildman–Crippen LogP) is 3.58. The summed E-state index contributed by atoms with van der Waals surface area (Å²) < 4.78 is 5.92. The van der Waals surface area contributed by atoms with E-state index >= 15 is 0 Å². The fourth-order valence-electron chi connectivity index (χ4n) is 3.42. The van der Waals surface area contributed by atoms with E-state index in [9.17, 15) is 4.79 Å². The molecule has 0 bridgehead atoms. The molecule has 0 aliphatic carbocycles. The molecule has 7 heteroatoms. The van der Waals surface area contributed by atoms with Crippen molar-refractivity contribution in [3.63, 3.8) is 0 Å². The number of hydrogen-bond donors (Lipinski definition) is 0. The number of rotatable bonds is 4. The Labute approximate surface area is 168 Å². The van der Waals surface area contributed by atoms with Crippen molar-refractivity contribution in [1.82, 2.24) is 9.88 Å². The molecule has 2 saturated heterocycles. The van der Waals surface area contributed by atoms with Gasteiger partial charge in [0.2, 0.25) is 5.88 Å². The number of aromatic nitrogens is 1. The molecule has 2 aliphatic rings. The molecule has 1 unspecified atom stereocenters. The van der Waals surface area contributed by atoms with Crippen molar-refractivity contribution in [2.45, 2.75) is 12.5 Å². The first-order valence-corrected chi connectivity index (χ1v) is 10.7. The number of hydrogen-bond acceptors (Lipinski definition) is 5. The van der Waals surface area contributed by atoms with Gasteiger partial charge in [-0.2, -0.15) is 11.8 Å². The molecular weight excluding hydrogens is 382 g/mol. The van der Waals surface area contributed by atoms with E-state index in [0.717, 1.165) is 41.7 Å². The summed E-state index contributed by atoms with van der Waals surface area (Å²) in [5, 5.41) is 0.748. The molecule has 1 aromatic heterocycles. The lowest BCUT2D eigenvalue weighted by Crippen LogP contribution is -2.48. The van der Waals surface area contributed by atoms with Crippen molar-refractivity contribution in [1.29, 1.82) is 0 Å². The standard InChI is InChI=1S/C20H22ClN3O2S/c21-17-3-1-2-4-18(17)23-8-10-24(11-9-23)20(25)15-5-7-22-19(13-15)26-16-6-12-27-14-16/h1-5,7,13,16H,6,8-12,14H2. The summed E-state index contributed by atoms with van der Waals surface area (Å²) in [7, 11) is 0. The zero-order valence-electron chi connectivity index (χ0n) is 15.0. The van der Waals surface area contributed by atoms with Crippen LogP contribution < -0.4 is 9.64 Å². The maximum atomic E-state index is 12.9. The fraction of sp³-hybridized carbons (Fsp3) is 0.400. The second-order valence-corrected chi connectivity index (χ2v) is 8.27. The van der Waals surface area contributed by atoms with Gasteiger partial charge in [-0.25, -0.2) is 4.98 Å². The third-order valence-electron chi connectivity index (χ3n) is 4.92. The van der Waals surface area contributed by atoms with Gasteiger partial charge < -0.3 is 14.5 Å². The number of amides is 1. The molecule has 4 rings (SSSR count). The number of pyridine rings is 1. The monoisotopic (exact) mass is 403 g/mol. The van der Waals surface area contributed by atoms with Crippen LogP contribution in [0, 0.1) is 0 Å². The highest BCUT2D eigenvalue weighted by molar-refractivity contribution is 7.99. The average Bonchev–Trinajstić information content (AvgIpc) is 3.21.